The molecule has 0 heterocycles. The van der Waals surface area contributed by atoms with Crippen molar-refractivity contribution in [3.8, 4) is 0 Å². The van der Waals surface area contributed by atoms with Crippen LogP contribution in [0.3, 0.4) is 0 Å². The fourth-order valence-electron chi connectivity index (χ4n) is 1.69. The Bertz CT molecular complexity index is 122. The minimum absolute atomic E-state index is 1.01. The van der Waals surface area contributed by atoms with Crippen molar-refractivity contribution in [1.82, 2.24) is 0 Å². The maximum Gasteiger partial charge on any atom is -0.0320 e. The van der Waals surface area contributed by atoms with Crippen LogP contribution in [0, 0.1) is 5.92 Å². The zero-order valence-corrected chi connectivity index (χ0v) is 7.19. The monoisotopic (exact) mass is 138 g/mol. The van der Waals surface area contributed by atoms with E-state index in [1.54, 1.807) is 5.57 Å². The second-order valence-electron chi connectivity index (χ2n) is 3.48. The van der Waals surface area contributed by atoms with Gasteiger partial charge in [-0.2, -0.15) is 0 Å². The molecule has 0 saturated carbocycles. The Labute approximate surface area is 64.3 Å². The number of hydrogen-bond donors (Lipinski definition) is 0. The van der Waals surface area contributed by atoms with Crippen molar-refractivity contribution in [1.29, 1.82) is 0 Å². The molecule has 0 spiro atoms. The van der Waals surface area contributed by atoms with Gasteiger partial charge in [-0.15, -0.1) is 0 Å². The van der Waals surface area contributed by atoms with E-state index in [0.29, 0.717) is 0 Å². The molecule has 0 aromatic heterocycles. The molecular formula is C10H18. The maximum absolute atomic E-state index is 2.42. The Kier molecular flexibility index (Phi) is 2.98. The largest absolute Gasteiger partial charge is 0.0853 e. The summed E-state index contributed by atoms with van der Waals surface area (Å²) in [6, 6.07) is 0. The SMILES string of the molecule is CCC[C@H]1CC=C(C)CC1. The van der Waals surface area contributed by atoms with Gasteiger partial charge in [0.25, 0.3) is 0 Å². The summed E-state index contributed by atoms with van der Waals surface area (Å²) in [7, 11) is 0. The highest BCUT2D eigenvalue weighted by Crippen LogP contribution is 2.26. The van der Waals surface area contributed by atoms with Gasteiger partial charge in [-0.3, -0.25) is 0 Å². The average molecular weight is 138 g/mol. The lowest BCUT2D eigenvalue weighted by Crippen LogP contribution is -2.03. The molecule has 0 fully saturated rings. The Hall–Kier alpha value is -0.260. The first-order chi connectivity index (χ1) is 4.83. The second-order valence-corrected chi connectivity index (χ2v) is 3.48. The van der Waals surface area contributed by atoms with Gasteiger partial charge < -0.3 is 0 Å². The summed E-state index contributed by atoms with van der Waals surface area (Å²) in [4.78, 5) is 0. The van der Waals surface area contributed by atoms with Crippen molar-refractivity contribution in [2.75, 3.05) is 0 Å². The normalized spacial score (nSPS) is 26.2. The second kappa shape index (κ2) is 3.80. The molecule has 0 amide bonds. The lowest BCUT2D eigenvalue weighted by Gasteiger charge is -2.19. The zero-order valence-electron chi connectivity index (χ0n) is 7.19. The van der Waals surface area contributed by atoms with Crippen LogP contribution in [-0.2, 0) is 0 Å². The summed E-state index contributed by atoms with van der Waals surface area (Å²) in [5, 5.41) is 0. The van der Waals surface area contributed by atoms with E-state index in [1.807, 2.05) is 0 Å². The number of allylic oxidation sites excluding steroid dienone is 2. The molecule has 0 nitrogen and oxygen atoms in total. The Morgan fingerprint density at radius 3 is 2.90 bits per heavy atom. The van der Waals surface area contributed by atoms with Crippen LogP contribution in [0.1, 0.15) is 46.0 Å². The van der Waals surface area contributed by atoms with Crippen molar-refractivity contribution < 1.29 is 0 Å². The molecule has 0 saturated heterocycles. The van der Waals surface area contributed by atoms with Gasteiger partial charge in [0, 0.05) is 0 Å². The van der Waals surface area contributed by atoms with Gasteiger partial charge >= 0.3 is 0 Å². The summed E-state index contributed by atoms with van der Waals surface area (Å²) in [5.74, 6) is 1.01. The smallest absolute Gasteiger partial charge is 0.0320 e. The molecule has 1 aliphatic carbocycles. The quantitative estimate of drug-likeness (QED) is 0.512. The van der Waals surface area contributed by atoms with Gasteiger partial charge in [-0.05, 0) is 32.1 Å². The zero-order chi connectivity index (χ0) is 7.40. The van der Waals surface area contributed by atoms with E-state index in [1.165, 1.54) is 32.1 Å². The van der Waals surface area contributed by atoms with E-state index in [2.05, 4.69) is 19.9 Å². The first kappa shape index (κ1) is 7.84. The summed E-state index contributed by atoms with van der Waals surface area (Å²) in [5.41, 5.74) is 1.60. The highest BCUT2D eigenvalue weighted by atomic mass is 14.2. The van der Waals surface area contributed by atoms with Gasteiger partial charge in [0.05, 0.1) is 0 Å². The van der Waals surface area contributed by atoms with Gasteiger partial charge in [0.2, 0.25) is 0 Å². The third-order valence-electron chi connectivity index (χ3n) is 2.44. The standard InChI is InChI=1S/C10H18/c1-3-4-10-7-5-9(2)6-8-10/h5,10H,3-4,6-8H2,1-2H3/t10-/m0/s1. The molecule has 0 unspecified atom stereocenters. The van der Waals surface area contributed by atoms with E-state index >= 15 is 0 Å². The molecule has 0 bridgehead atoms. The van der Waals surface area contributed by atoms with E-state index < -0.39 is 0 Å². The molecule has 1 rings (SSSR count). The summed E-state index contributed by atoms with van der Waals surface area (Å²) in [6.45, 7) is 4.54. The Morgan fingerprint density at radius 2 is 2.40 bits per heavy atom. The third-order valence-corrected chi connectivity index (χ3v) is 2.44. The van der Waals surface area contributed by atoms with Crippen LogP contribution in [0.4, 0.5) is 0 Å². The van der Waals surface area contributed by atoms with E-state index in [-0.39, 0.29) is 0 Å². The Morgan fingerprint density at radius 1 is 1.60 bits per heavy atom. The number of rotatable bonds is 2. The molecule has 0 heteroatoms. The molecule has 1 atom stereocenters. The summed E-state index contributed by atoms with van der Waals surface area (Å²) >= 11 is 0. The van der Waals surface area contributed by atoms with Gasteiger partial charge in [0.1, 0.15) is 0 Å². The topological polar surface area (TPSA) is 0 Å². The highest BCUT2D eigenvalue weighted by molar-refractivity contribution is 5.02. The molecule has 0 N–H and O–H groups in total. The Balaban J connectivity index is 2.27. The van der Waals surface area contributed by atoms with E-state index in [9.17, 15) is 0 Å². The fourth-order valence-corrected chi connectivity index (χ4v) is 1.69. The highest BCUT2D eigenvalue weighted by Gasteiger charge is 2.10. The minimum Gasteiger partial charge on any atom is -0.0853 e. The lowest BCUT2D eigenvalue weighted by molar-refractivity contribution is 0.432. The molecule has 1 aliphatic rings. The van der Waals surface area contributed by atoms with Crippen LogP contribution in [0.2, 0.25) is 0 Å². The summed E-state index contributed by atoms with van der Waals surface area (Å²) < 4.78 is 0. The molecule has 0 radical (unpaired) electrons. The van der Waals surface area contributed by atoms with Crippen molar-refractivity contribution in [2.45, 2.75) is 46.0 Å². The molecule has 10 heavy (non-hydrogen) atoms. The maximum atomic E-state index is 2.42. The molecule has 0 aromatic carbocycles. The van der Waals surface area contributed by atoms with Crippen LogP contribution in [0.5, 0.6) is 0 Å². The fraction of sp³-hybridized carbons (Fsp3) is 0.800. The van der Waals surface area contributed by atoms with Crippen molar-refractivity contribution >= 4 is 0 Å². The van der Waals surface area contributed by atoms with Gasteiger partial charge in [-0.1, -0.05) is 31.4 Å². The van der Waals surface area contributed by atoms with Crippen molar-refractivity contribution in [3.05, 3.63) is 11.6 Å². The average Bonchev–Trinajstić information content (AvgIpc) is 1.95. The van der Waals surface area contributed by atoms with E-state index in [4.69, 9.17) is 0 Å². The van der Waals surface area contributed by atoms with Gasteiger partial charge in [0.15, 0.2) is 0 Å². The van der Waals surface area contributed by atoms with Crippen LogP contribution < -0.4 is 0 Å². The minimum atomic E-state index is 1.01. The van der Waals surface area contributed by atoms with E-state index in [0.717, 1.165) is 5.92 Å². The predicted octanol–water partition coefficient (Wildman–Crippen LogP) is 3.53. The molecule has 58 valence electrons. The molecule has 0 aromatic rings. The number of hydrogen-bond acceptors (Lipinski definition) is 0. The van der Waals surface area contributed by atoms with Crippen LogP contribution in [0.15, 0.2) is 11.6 Å². The van der Waals surface area contributed by atoms with Crippen LogP contribution in [-0.4, -0.2) is 0 Å². The first-order valence-electron chi connectivity index (χ1n) is 4.48. The van der Waals surface area contributed by atoms with Crippen molar-refractivity contribution in [3.63, 3.8) is 0 Å². The van der Waals surface area contributed by atoms with Crippen LogP contribution >= 0.6 is 0 Å². The molecular weight excluding hydrogens is 120 g/mol. The van der Waals surface area contributed by atoms with Gasteiger partial charge in [-0.25, -0.2) is 0 Å². The van der Waals surface area contributed by atoms with Crippen LogP contribution in [0.25, 0.3) is 0 Å². The summed E-state index contributed by atoms with van der Waals surface area (Å²) in [6.07, 6.45) is 9.35. The first-order valence-corrected chi connectivity index (χ1v) is 4.48. The lowest BCUT2D eigenvalue weighted by atomic mass is 9.87. The third kappa shape index (κ3) is 2.17. The van der Waals surface area contributed by atoms with Crippen molar-refractivity contribution in [2.24, 2.45) is 5.92 Å². The predicted molar refractivity (Wildman–Crippen MR) is 46.0 cm³/mol. The molecule has 0 aliphatic heterocycles.